The molecular formula is C31H35N3O5. The molecule has 0 bridgehead atoms. The van der Waals surface area contributed by atoms with Gasteiger partial charge in [-0.25, -0.2) is 4.98 Å². The highest BCUT2D eigenvalue weighted by atomic mass is 16.6. The van der Waals surface area contributed by atoms with Crippen LogP contribution in [0.25, 0.3) is 0 Å². The Kier molecular flexibility index (Phi) is 8.41. The second kappa shape index (κ2) is 12.1. The molecule has 2 fully saturated rings. The minimum Gasteiger partial charge on any atom is -0.476 e. The predicted octanol–water partition coefficient (Wildman–Crippen LogP) is 3.60. The van der Waals surface area contributed by atoms with Crippen molar-refractivity contribution < 1.29 is 23.5 Å². The van der Waals surface area contributed by atoms with Gasteiger partial charge in [-0.15, -0.1) is 0 Å². The molecule has 2 aliphatic heterocycles. The van der Waals surface area contributed by atoms with Gasteiger partial charge in [-0.1, -0.05) is 49.9 Å². The average molecular weight is 530 g/mol. The van der Waals surface area contributed by atoms with Crippen molar-refractivity contribution in [3.05, 3.63) is 76.8 Å². The molecule has 1 aromatic carbocycles. The number of carbonyl (C=O) groups excluding carboxylic acids is 1. The fraction of sp³-hybridized carbons (Fsp3) is 0.452. The number of carbonyl (C=O) groups is 1. The van der Waals surface area contributed by atoms with Crippen LogP contribution in [0.5, 0.6) is 5.88 Å². The normalized spacial score (nSPS) is 19.3. The molecule has 0 N–H and O–H groups in total. The van der Waals surface area contributed by atoms with Gasteiger partial charge in [-0.3, -0.25) is 9.69 Å². The number of hydrogen-bond donors (Lipinski definition) is 0. The molecule has 8 nitrogen and oxygen atoms in total. The molecule has 2 aromatic heterocycles. The van der Waals surface area contributed by atoms with E-state index in [1.165, 1.54) is 0 Å². The number of rotatable bonds is 8. The topological polar surface area (TPSA) is 86.9 Å². The maximum Gasteiger partial charge on any atom is 0.213 e. The number of ketones is 1. The van der Waals surface area contributed by atoms with Crippen molar-refractivity contribution in [2.75, 3.05) is 39.5 Å². The molecular weight excluding hydrogens is 494 g/mol. The Morgan fingerprint density at radius 3 is 2.33 bits per heavy atom. The van der Waals surface area contributed by atoms with Crippen LogP contribution in [0, 0.1) is 11.8 Å². The minimum atomic E-state index is -0.129. The number of Topliss-reactive ketones (excluding diaryl/α,β-unsaturated/α-hetero) is 1. The third-order valence-electron chi connectivity index (χ3n) is 6.81. The van der Waals surface area contributed by atoms with Crippen LogP contribution in [0.15, 0.2) is 53.2 Å². The number of fused-ring (bicyclic) bond motifs is 1. The Balaban J connectivity index is 1.06. The molecule has 0 spiro atoms. The summed E-state index contributed by atoms with van der Waals surface area (Å²) in [4.78, 5) is 19.2. The summed E-state index contributed by atoms with van der Waals surface area (Å²) in [6.07, 6.45) is 2.69. The summed E-state index contributed by atoms with van der Waals surface area (Å²) in [6.45, 7) is 10.7. The number of aromatic nitrogens is 2. The lowest BCUT2D eigenvalue weighted by atomic mass is 9.93. The van der Waals surface area contributed by atoms with Gasteiger partial charge in [0, 0.05) is 60.9 Å². The van der Waals surface area contributed by atoms with Gasteiger partial charge in [0.15, 0.2) is 0 Å². The number of benzene rings is 1. The summed E-state index contributed by atoms with van der Waals surface area (Å²) < 4.78 is 22.7. The van der Waals surface area contributed by atoms with Crippen LogP contribution in [-0.2, 0) is 32.5 Å². The largest absolute Gasteiger partial charge is 0.476 e. The monoisotopic (exact) mass is 529 g/mol. The van der Waals surface area contributed by atoms with Crippen molar-refractivity contribution in [3.8, 4) is 17.7 Å². The number of hydrogen-bond acceptors (Lipinski definition) is 8. The van der Waals surface area contributed by atoms with E-state index >= 15 is 0 Å². The first kappa shape index (κ1) is 27.1. The third-order valence-corrected chi connectivity index (χ3v) is 6.81. The van der Waals surface area contributed by atoms with Gasteiger partial charge in [-0.05, 0) is 23.8 Å². The van der Waals surface area contributed by atoms with E-state index in [9.17, 15) is 4.79 Å². The maximum absolute atomic E-state index is 12.5. The Bertz CT molecular complexity index is 1300. The van der Waals surface area contributed by atoms with Crippen LogP contribution in [0.1, 0.15) is 48.9 Å². The summed E-state index contributed by atoms with van der Waals surface area (Å²) in [5.74, 6) is 7.75. The molecule has 2 aliphatic rings. The van der Waals surface area contributed by atoms with Crippen molar-refractivity contribution in [1.82, 2.24) is 15.0 Å². The number of pyridine rings is 1. The van der Waals surface area contributed by atoms with Crippen LogP contribution in [0.3, 0.4) is 0 Å². The highest BCUT2D eigenvalue weighted by molar-refractivity contribution is 5.82. The molecule has 204 valence electrons. The molecule has 39 heavy (non-hydrogen) atoms. The van der Waals surface area contributed by atoms with Crippen molar-refractivity contribution in [3.63, 3.8) is 0 Å². The lowest BCUT2D eigenvalue weighted by Crippen LogP contribution is -2.36. The van der Waals surface area contributed by atoms with Crippen molar-refractivity contribution >= 4 is 5.78 Å². The van der Waals surface area contributed by atoms with Gasteiger partial charge in [-0.2, -0.15) is 0 Å². The number of nitrogens with zero attached hydrogens (tertiary/aromatic N) is 3. The summed E-state index contributed by atoms with van der Waals surface area (Å²) in [7, 11) is 0. The van der Waals surface area contributed by atoms with Crippen molar-refractivity contribution in [2.45, 2.75) is 51.2 Å². The van der Waals surface area contributed by atoms with E-state index in [0.717, 1.165) is 42.1 Å². The quantitative estimate of drug-likeness (QED) is 0.409. The smallest absolute Gasteiger partial charge is 0.213 e. The zero-order chi connectivity index (χ0) is 27.2. The van der Waals surface area contributed by atoms with Gasteiger partial charge in [0.05, 0.1) is 37.5 Å². The molecule has 3 aromatic rings. The van der Waals surface area contributed by atoms with Gasteiger partial charge in [0.2, 0.25) is 5.88 Å². The van der Waals surface area contributed by atoms with Crippen molar-refractivity contribution in [1.29, 1.82) is 0 Å². The molecule has 0 amide bonds. The molecule has 0 aliphatic carbocycles. The number of likely N-dealkylation sites (tertiary alicyclic amines) is 1. The van der Waals surface area contributed by atoms with Crippen LogP contribution in [0.4, 0.5) is 0 Å². The Morgan fingerprint density at radius 1 is 1.00 bits per heavy atom. The van der Waals surface area contributed by atoms with Crippen molar-refractivity contribution in [2.24, 2.45) is 0 Å². The standard InChI is InChI=1S/C31H35N3O5/c1-31(2,3)29-18-25(33-39-29)17-26(35)16-23-7-4-22(5-8-23)6-9-24-10-11-30(32-19-24)38-13-12-34-20-27-28(21-34)37-15-14-36-27/h4-5,7-8,10-11,18-19,27-28H,12-17,20-21H2,1-3H3/t27-,28+. The van der Waals surface area contributed by atoms with E-state index in [2.05, 4.69) is 47.7 Å². The third kappa shape index (κ3) is 7.54. The Morgan fingerprint density at radius 2 is 1.69 bits per heavy atom. The van der Waals surface area contributed by atoms with Crippen LogP contribution < -0.4 is 4.74 Å². The summed E-state index contributed by atoms with van der Waals surface area (Å²) >= 11 is 0. The van der Waals surface area contributed by atoms with Gasteiger partial charge >= 0.3 is 0 Å². The van der Waals surface area contributed by atoms with Gasteiger partial charge in [0.1, 0.15) is 18.2 Å². The minimum absolute atomic E-state index is 0.0949. The first-order valence-corrected chi connectivity index (χ1v) is 13.4. The fourth-order valence-corrected chi connectivity index (χ4v) is 4.63. The Labute approximate surface area is 229 Å². The van der Waals surface area contributed by atoms with Crippen LogP contribution in [0.2, 0.25) is 0 Å². The van der Waals surface area contributed by atoms with E-state index in [-0.39, 0.29) is 29.8 Å². The zero-order valence-electron chi connectivity index (χ0n) is 22.8. The number of ether oxygens (including phenoxy) is 3. The molecule has 8 heteroatoms. The molecule has 2 atom stereocenters. The van der Waals surface area contributed by atoms with E-state index in [1.54, 1.807) is 6.20 Å². The predicted molar refractivity (Wildman–Crippen MR) is 146 cm³/mol. The van der Waals surface area contributed by atoms with E-state index < -0.39 is 0 Å². The summed E-state index contributed by atoms with van der Waals surface area (Å²) in [6, 6.07) is 13.4. The molecule has 0 unspecified atom stereocenters. The van der Waals surface area contributed by atoms with Gasteiger partial charge in [0.25, 0.3) is 0 Å². The summed E-state index contributed by atoms with van der Waals surface area (Å²) in [5.41, 5.74) is 3.17. The zero-order valence-corrected chi connectivity index (χ0v) is 22.8. The van der Waals surface area contributed by atoms with E-state index in [1.807, 2.05) is 42.5 Å². The first-order valence-electron chi connectivity index (χ1n) is 13.4. The van der Waals surface area contributed by atoms with Crippen LogP contribution in [-0.4, -0.2) is 72.5 Å². The lowest BCUT2D eigenvalue weighted by Gasteiger charge is -2.24. The molecule has 5 rings (SSSR count). The second-order valence-electron chi connectivity index (χ2n) is 11.1. The Hall–Kier alpha value is -3.51. The summed E-state index contributed by atoms with van der Waals surface area (Å²) in [5, 5.41) is 4.04. The lowest BCUT2D eigenvalue weighted by molar-refractivity contribution is -0.117. The molecule has 2 saturated heterocycles. The SMILES string of the molecule is CC(C)(C)c1cc(CC(=O)Cc2ccc(C#Cc3ccc(OCCN4C[C@@H]5OCCO[C@@H]5C4)nc3)cc2)no1. The van der Waals surface area contributed by atoms with E-state index in [4.69, 9.17) is 18.7 Å². The second-order valence-corrected chi connectivity index (χ2v) is 11.1. The van der Waals surface area contributed by atoms with Crippen LogP contribution >= 0.6 is 0 Å². The maximum atomic E-state index is 12.5. The first-order chi connectivity index (χ1) is 18.8. The highest BCUT2D eigenvalue weighted by Gasteiger charge is 2.36. The highest BCUT2D eigenvalue weighted by Crippen LogP contribution is 2.23. The molecule has 0 radical (unpaired) electrons. The van der Waals surface area contributed by atoms with Gasteiger partial charge < -0.3 is 18.7 Å². The van der Waals surface area contributed by atoms with E-state index in [0.29, 0.717) is 37.8 Å². The molecule has 4 heterocycles. The fourth-order valence-electron chi connectivity index (χ4n) is 4.63. The molecule has 0 saturated carbocycles. The average Bonchev–Trinajstić information content (AvgIpc) is 3.56.